The summed E-state index contributed by atoms with van der Waals surface area (Å²) in [6.45, 7) is 10.5. The maximum absolute atomic E-state index is 13.7. The number of aliphatic carboxylic acids is 2. The van der Waals surface area contributed by atoms with Gasteiger partial charge in [0.15, 0.2) is 5.78 Å². The second kappa shape index (κ2) is 18.8. The molecule has 12 heteroatoms. The summed E-state index contributed by atoms with van der Waals surface area (Å²) < 4.78 is 38.0. The molecule has 1 aromatic heterocycles. The van der Waals surface area contributed by atoms with E-state index in [0.29, 0.717) is 46.6 Å². The predicted molar refractivity (Wildman–Crippen MR) is 175 cm³/mol. The molecule has 0 amide bonds. The highest BCUT2D eigenvalue weighted by atomic mass is 32.2. The Morgan fingerprint density at radius 1 is 0.844 bits per heavy atom. The zero-order valence-corrected chi connectivity index (χ0v) is 27.5. The van der Waals surface area contributed by atoms with Crippen LogP contribution in [0.5, 0.6) is 5.75 Å². The number of rotatable bonds is 18. The fraction of sp³-hybridized carbons (Fsp3) is 0.485. The molecular weight excluding hydrogens is 600 g/mol. The molecule has 0 atom stereocenters. The lowest BCUT2D eigenvalue weighted by Crippen LogP contribution is -2.28. The van der Waals surface area contributed by atoms with Gasteiger partial charge in [-0.15, -0.1) is 0 Å². The highest BCUT2D eigenvalue weighted by Crippen LogP contribution is 2.32. The van der Waals surface area contributed by atoms with E-state index in [4.69, 9.17) is 29.0 Å². The minimum Gasteiger partial charge on any atom is -0.494 e. The van der Waals surface area contributed by atoms with Gasteiger partial charge in [0.1, 0.15) is 17.1 Å². The summed E-state index contributed by atoms with van der Waals surface area (Å²) in [5, 5.41) is 15.4. The van der Waals surface area contributed by atoms with Crippen molar-refractivity contribution in [1.82, 2.24) is 4.90 Å². The average Bonchev–Trinajstić information content (AvgIpc) is 3.36. The van der Waals surface area contributed by atoms with Crippen molar-refractivity contribution in [1.29, 1.82) is 0 Å². The maximum atomic E-state index is 13.7. The molecule has 3 N–H and O–H groups in total. The van der Waals surface area contributed by atoms with Crippen LogP contribution in [0.2, 0.25) is 0 Å². The molecule has 3 aromatic rings. The lowest BCUT2D eigenvalue weighted by Gasteiger charge is -2.21. The second-order valence-electron chi connectivity index (χ2n) is 10.8. The summed E-state index contributed by atoms with van der Waals surface area (Å²) in [6.07, 6.45) is 9.40. The Labute approximate surface area is 265 Å². The van der Waals surface area contributed by atoms with Gasteiger partial charge in [0.2, 0.25) is 10.0 Å². The number of aryl methyl sites for hydroxylation is 1. The van der Waals surface area contributed by atoms with Crippen molar-refractivity contribution in [3.8, 4) is 5.75 Å². The van der Waals surface area contributed by atoms with Crippen LogP contribution in [0, 0.1) is 0 Å². The quantitative estimate of drug-likeness (QED) is 0.0823. The number of anilines is 1. The molecule has 0 unspecified atom stereocenters. The number of fused-ring (bicyclic) bond motifs is 1. The SMILES string of the molecule is CCCCc1oc2ccc(NS(C)(=O)=O)cc2c1C(=O)c1ccc(OCCCN(CCCC)CCCC)cc1.O=C(O)C(=O)O. The molecule has 0 fully saturated rings. The molecule has 3 rings (SSSR count). The van der Waals surface area contributed by atoms with E-state index in [0.717, 1.165) is 50.9 Å². The second-order valence-corrected chi connectivity index (χ2v) is 12.6. The number of benzene rings is 2. The molecule has 0 bridgehead atoms. The van der Waals surface area contributed by atoms with Gasteiger partial charge < -0.3 is 24.3 Å². The molecule has 2 aromatic carbocycles. The summed E-state index contributed by atoms with van der Waals surface area (Å²) >= 11 is 0. The first-order chi connectivity index (χ1) is 21.4. The third-order valence-electron chi connectivity index (χ3n) is 6.89. The first-order valence-corrected chi connectivity index (χ1v) is 17.3. The van der Waals surface area contributed by atoms with Crippen molar-refractivity contribution in [2.75, 3.05) is 37.2 Å². The summed E-state index contributed by atoms with van der Waals surface area (Å²) in [5.74, 6) is -2.43. The normalized spacial score (nSPS) is 11.2. The van der Waals surface area contributed by atoms with E-state index in [1.165, 1.54) is 25.7 Å². The minimum absolute atomic E-state index is 0.148. The van der Waals surface area contributed by atoms with Gasteiger partial charge in [0, 0.05) is 29.6 Å². The monoisotopic (exact) mass is 646 g/mol. The molecular formula is C33H46N2O9S. The van der Waals surface area contributed by atoms with E-state index >= 15 is 0 Å². The molecule has 0 aliphatic heterocycles. The predicted octanol–water partition coefficient (Wildman–Crippen LogP) is 6.20. The van der Waals surface area contributed by atoms with Crippen molar-refractivity contribution in [3.05, 3.63) is 59.4 Å². The molecule has 45 heavy (non-hydrogen) atoms. The minimum atomic E-state index is -3.45. The zero-order chi connectivity index (χ0) is 33.4. The molecule has 0 aliphatic rings. The lowest BCUT2D eigenvalue weighted by molar-refractivity contribution is -0.159. The third-order valence-corrected chi connectivity index (χ3v) is 7.50. The van der Waals surface area contributed by atoms with E-state index in [9.17, 15) is 13.2 Å². The number of nitrogens with zero attached hydrogens (tertiary/aromatic N) is 1. The standard InChI is InChI=1S/C31H44N2O5S.C2H2O4/c1-5-8-12-29-30(27-23-25(32-39(4,35)36)15-18-28(27)38-29)31(34)24-13-16-26(17-14-24)37-22-11-21-33(19-9-6-2)20-10-7-3;3-1(4)2(5)6/h13-18,23,32H,5-12,19-22H2,1-4H3;(H,3,4)(H,5,6). The number of ether oxygens (including phenoxy) is 1. The van der Waals surface area contributed by atoms with Gasteiger partial charge in [0.25, 0.3) is 0 Å². The van der Waals surface area contributed by atoms with Gasteiger partial charge in [-0.3, -0.25) is 9.52 Å². The number of carboxylic acids is 2. The smallest absolute Gasteiger partial charge is 0.414 e. The molecule has 0 radical (unpaired) electrons. The lowest BCUT2D eigenvalue weighted by atomic mass is 9.98. The number of sulfonamides is 1. The number of carbonyl (C=O) groups is 3. The number of nitrogens with one attached hydrogen (secondary N) is 1. The first kappa shape index (κ1) is 37.3. The van der Waals surface area contributed by atoms with Crippen LogP contribution in [0.25, 0.3) is 11.0 Å². The summed E-state index contributed by atoms with van der Waals surface area (Å²) in [6, 6.07) is 12.3. The Balaban J connectivity index is 0.00000107. The first-order valence-electron chi connectivity index (χ1n) is 15.4. The highest BCUT2D eigenvalue weighted by molar-refractivity contribution is 7.92. The molecule has 248 valence electrons. The summed E-state index contributed by atoms with van der Waals surface area (Å²) in [7, 11) is -3.45. The van der Waals surface area contributed by atoms with Crippen molar-refractivity contribution < 1.29 is 42.2 Å². The van der Waals surface area contributed by atoms with Gasteiger partial charge in [-0.25, -0.2) is 18.0 Å². The number of unbranched alkanes of at least 4 members (excludes halogenated alkanes) is 3. The van der Waals surface area contributed by atoms with Gasteiger partial charge in [0.05, 0.1) is 18.4 Å². The Morgan fingerprint density at radius 3 is 1.96 bits per heavy atom. The number of ketones is 1. The van der Waals surface area contributed by atoms with Crippen LogP contribution in [0.3, 0.4) is 0 Å². The van der Waals surface area contributed by atoms with E-state index in [1.807, 2.05) is 12.1 Å². The van der Waals surface area contributed by atoms with Crippen molar-refractivity contribution >= 4 is 44.4 Å². The Morgan fingerprint density at radius 2 is 1.42 bits per heavy atom. The van der Waals surface area contributed by atoms with Gasteiger partial charge in [-0.1, -0.05) is 40.0 Å². The van der Waals surface area contributed by atoms with E-state index in [1.54, 1.807) is 30.3 Å². The fourth-order valence-electron chi connectivity index (χ4n) is 4.61. The van der Waals surface area contributed by atoms with Crippen molar-refractivity contribution in [2.45, 2.75) is 72.1 Å². The fourth-order valence-corrected chi connectivity index (χ4v) is 5.17. The molecule has 0 spiro atoms. The van der Waals surface area contributed by atoms with Crippen molar-refractivity contribution in [3.63, 3.8) is 0 Å². The number of hydrogen-bond donors (Lipinski definition) is 3. The largest absolute Gasteiger partial charge is 0.494 e. The molecule has 1 heterocycles. The van der Waals surface area contributed by atoms with E-state index < -0.39 is 22.0 Å². The Bertz CT molecular complexity index is 1480. The number of furan rings is 1. The van der Waals surface area contributed by atoms with Gasteiger partial charge in [-0.2, -0.15) is 0 Å². The molecule has 0 aliphatic carbocycles. The van der Waals surface area contributed by atoms with Crippen LogP contribution in [0.1, 0.15) is 87.4 Å². The topological polar surface area (TPSA) is 163 Å². The summed E-state index contributed by atoms with van der Waals surface area (Å²) in [5.41, 5.74) is 1.99. The zero-order valence-electron chi connectivity index (χ0n) is 26.6. The highest BCUT2D eigenvalue weighted by Gasteiger charge is 2.22. The Kier molecular flexibility index (Phi) is 15.6. The average molecular weight is 647 g/mol. The Hall–Kier alpha value is -3.90. The third kappa shape index (κ3) is 12.9. The van der Waals surface area contributed by atoms with E-state index in [-0.39, 0.29) is 5.78 Å². The van der Waals surface area contributed by atoms with Gasteiger partial charge in [-0.05, 0) is 81.2 Å². The number of carbonyl (C=O) groups excluding carboxylic acids is 1. The van der Waals surface area contributed by atoms with Crippen LogP contribution < -0.4 is 9.46 Å². The maximum Gasteiger partial charge on any atom is 0.414 e. The van der Waals surface area contributed by atoms with Crippen LogP contribution in [0.4, 0.5) is 5.69 Å². The van der Waals surface area contributed by atoms with Crippen molar-refractivity contribution in [2.24, 2.45) is 0 Å². The van der Waals surface area contributed by atoms with Crippen LogP contribution in [0.15, 0.2) is 46.9 Å². The molecule has 0 saturated heterocycles. The number of carboxylic acid groups (broad SMARTS) is 2. The molecule has 11 nitrogen and oxygen atoms in total. The number of hydrogen-bond acceptors (Lipinski definition) is 8. The van der Waals surface area contributed by atoms with E-state index in [2.05, 4.69) is 30.4 Å². The molecule has 0 saturated carbocycles. The van der Waals surface area contributed by atoms with Crippen LogP contribution in [-0.2, 0) is 26.0 Å². The summed E-state index contributed by atoms with van der Waals surface area (Å²) in [4.78, 5) is 34.4. The van der Waals surface area contributed by atoms with Crippen LogP contribution >= 0.6 is 0 Å². The van der Waals surface area contributed by atoms with Crippen LogP contribution in [-0.4, -0.2) is 73.7 Å². The van der Waals surface area contributed by atoms with Gasteiger partial charge >= 0.3 is 11.9 Å².